The van der Waals surface area contributed by atoms with Crippen LogP contribution in [0.25, 0.3) is 88.8 Å². The van der Waals surface area contributed by atoms with Crippen LogP contribution in [-0.4, -0.2) is 15.0 Å². The normalized spacial score (nSPS) is 11.6. The topological polar surface area (TPSA) is 51.8 Å². The lowest BCUT2D eigenvalue weighted by Gasteiger charge is -2.13. The Hall–Kier alpha value is -6.13. The first-order valence-electron chi connectivity index (χ1n) is 15.0. The van der Waals surface area contributed by atoms with Crippen LogP contribution >= 0.6 is 0 Å². The van der Waals surface area contributed by atoms with E-state index in [1.54, 1.807) is 0 Å². The smallest absolute Gasteiger partial charge is 0.164 e. The van der Waals surface area contributed by atoms with E-state index in [-0.39, 0.29) is 0 Å². The largest absolute Gasteiger partial charge is 0.456 e. The fourth-order valence-corrected chi connectivity index (χ4v) is 6.33. The van der Waals surface area contributed by atoms with Crippen LogP contribution in [0.4, 0.5) is 0 Å². The number of nitrogens with zero attached hydrogens (tertiary/aromatic N) is 3. The van der Waals surface area contributed by atoms with E-state index in [9.17, 15) is 0 Å². The van der Waals surface area contributed by atoms with Gasteiger partial charge in [-0.05, 0) is 63.0 Å². The molecule has 7 aromatic carbocycles. The second-order valence-electron chi connectivity index (χ2n) is 11.3. The van der Waals surface area contributed by atoms with Crippen LogP contribution < -0.4 is 0 Å². The second kappa shape index (κ2) is 10.2. The van der Waals surface area contributed by atoms with Crippen molar-refractivity contribution < 1.29 is 4.42 Å². The maximum Gasteiger partial charge on any atom is 0.164 e. The summed E-state index contributed by atoms with van der Waals surface area (Å²) in [5, 5.41) is 6.68. The molecular weight excluding hydrogens is 550 g/mol. The van der Waals surface area contributed by atoms with Crippen molar-refractivity contribution in [2.45, 2.75) is 0 Å². The molecule has 4 nitrogen and oxygen atoms in total. The SMILES string of the molecule is c1ccc(-c2nc(-c3cc(-c4ccc5ccccc5c4)cc4ccccc34)nc(-c3cccc4oc5ccccc5c34)n2)cc1. The molecule has 0 saturated heterocycles. The highest BCUT2D eigenvalue weighted by Gasteiger charge is 2.19. The first-order valence-corrected chi connectivity index (χ1v) is 15.0. The number of hydrogen-bond donors (Lipinski definition) is 0. The number of aromatic nitrogens is 3. The van der Waals surface area contributed by atoms with Crippen molar-refractivity contribution in [3.63, 3.8) is 0 Å². The zero-order valence-electron chi connectivity index (χ0n) is 24.2. The Bertz CT molecular complexity index is 2550. The van der Waals surface area contributed by atoms with E-state index < -0.39 is 0 Å². The number of hydrogen-bond acceptors (Lipinski definition) is 4. The molecule has 0 aliphatic heterocycles. The minimum Gasteiger partial charge on any atom is -0.456 e. The summed E-state index contributed by atoms with van der Waals surface area (Å²) in [5.74, 6) is 1.86. The summed E-state index contributed by atoms with van der Waals surface area (Å²) in [4.78, 5) is 15.4. The summed E-state index contributed by atoms with van der Waals surface area (Å²) in [6, 6.07) is 52.3. The quantitative estimate of drug-likeness (QED) is 0.209. The van der Waals surface area contributed by atoms with E-state index in [4.69, 9.17) is 19.4 Å². The van der Waals surface area contributed by atoms with E-state index in [1.807, 2.05) is 60.7 Å². The van der Waals surface area contributed by atoms with Crippen molar-refractivity contribution in [3.8, 4) is 45.3 Å². The van der Waals surface area contributed by atoms with Gasteiger partial charge in [-0.2, -0.15) is 0 Å². The minimum absolute atomic E-state index is 0.608. The van der Waals surface area contributed by atoms with Gasteiger partial charge in [0.25, 0.3) is 0 Å². The Balaban J connectivity index is 1.32. The third-order valence-corrected chi connectivity index (χ3v) is 8.50. The van der Waals surface area contributed by atoms with E-state index in [0.717, 1.165) is 60.5 Å². The van der Waals surface area contributed by atoms with Gasteiger partial charge in [-0.3, -0.25) is 0 Å². The molecule has 0 N–H and O–H groups in total. The van der Waals surface area contributed by atoms with Crippen LogP contribution in [0.3, 0.4) is 0 Å². The summed E-state index contributed by atoms with van der Waals surface area (Å²) in [6.45, 7) is 0. The molecule has 4 heteroatoms. The lowest BCUT2D eigenvalue weighted by atomic mass is 9.95. The Morgan fingerprint density at radius 2 is 1.00 bits per heavy atom. The molecule has 0 fully saturated rings. The van der Waals surface area contributed by atoms with Crippen molar-refractivity contribution in [2.75, 3.05) is 0 Å². The lowest BCUT2D eigenvalue weighted by molar-refractivity contribution is 0.669. The molecule has 0 aliphatic rings. The fraction of sp³-hybridized carbons (Fsp3) is 0. The van der Waals surface area contributed by atoms with Gasteiger partial charge in [-0.15, -0.1) is 0 Å². The second-order valence-corrected chi connectivity index (χ2v) is 11.3. The van der Waals surface area contributed by atoms with Crippen LogP contribution in [0.5, 0.6) is 0 Å². The molecule has 9 aromatic rings. The summed E-state index contributed by atoms with van der Waals surface area (Å²) in [5.41, 5.74) is 6.71. The average molecular weight is 576 g/mol. The summed E-state index contributed by atoms with van der Waals surface area (Å²) >= 11 is 0. The molecule has 45 heavy (non-hydrogen) atoms. The molecule has 2 aromatic heterocycles. The molecule has 2 heterocycles. The zero-order chi connectivity index (χ0) is 29.7. The van der Waals surface area contributed by atoms with Gasteiger partial charge in [0.1, 0.15) is 11.2 Å². The van der Waals surface area contributed by atoms with Crippen molar-refractivity contribution in [1.82, 2.24) is 15.0 Å². The summed E-state index contributed by atoms with van der Waals surface area (Å²) < 4.78 is 6.23. The number of fused-ring (bicyclic) bond motifs is 5. The zero-order valence-corrected chi connectivity index (χ0v) is 24.2. The van der Waals surface area contributed by atoms with Crippen LogP contribution in [0.2, 0.25) is 0 Å². The number of rotatable bonds is 4. The molecule has 0 amide bonds. The molecule has 0 bridgehead atoms. The first-order chi connectivity index (χ1) is 22.3. The van der Waals surface area contributed by atoms with E-state index in [2.05, 4.69) is 91.0 Å². The van der Waals surface area contributed by atoms with Crippen LogP contribution in [0, 0.1) is 0 Å². The standard InChI is InChI=1S/C41H25N3O/c1-2-12-27(13-3-1)39-42-40(34-18-10-20-37-38(34)33-17-8-9-19-36(33)45-37)44-41(43-39)35-25-31(24-30-15-6-7-16-32(30)35)29-22-21-26-11-4-5-14-28(26)23-29/h1-25H. The predicted molar refractivity (Wildman–Crippen MR) is 184 cm³/mol. The van der Waals surface area contributed by atoms with Gasteiger partial charge >= 0.3 is 0 Å². The van der Waals surface area contributed by atoms with Crippen LogP contribution in [-0.2, 0) is 0 Å². The van der Waals surface area contributed by atoms with Crippen molar-refractivity contribution in [3.05, 3.63) is 152 Å². The maximum absolute atomic E-state index is 6.23. The maximum atomic E-state index is 6.23. The van der Waals surface area contributed by atoms with Gasteiger partial charge in [0, 0.05) is 27.5 Å². The Labute approximate surface area is 259 Å². The van der Waals surface area contributed by atoms with Gasteiger partial charge in [0.05, 0.1) is 0 Å². The predicted octanol–water partition coefficient (Wildman–Crippen LogP) is 10.7. The Morgan fingerprint density at radius 3 is 1.87 bits per heavy atom. The lowest BCUT2D eigenvalue weighted by Crippen LogP contribution is -2.01. The van der Waals surface area contributed by atoms with E-state index in [0.29, 0.717) is 17.5 Å². The summed E-state index contributed by atoms with van der Waals surface area (Å²) in [7, 11) is 0. The van der Waals surface area contributed by atoms with Crippen molar-refractivity contribution in [2.24, 2.45) is 0 Å². The van der Waals surface area contributed by atoms with Gasteiger partial charge in [0.15, 0.2) is 17.5 Å². The van der Waals surface area contributed by atoms with Gasteiger partial charge < -0.3 is 4.42 Å². The minimum atomic E-state index is 0.608. The number of furan rings is 1. The van der Waals surface area contributed by atoms with Crippen LogP contribution in [0.15, 0.2) is 156 Å². The first kappa shape index (κ1) is 25.4. The molecule has 0 radical (unpaired) electrons. The molecule has 210 valence electrons. The molecule has 0 saturated carbocycles. The van der Waals surface area contributed by atoms with E-state index in [1.165, 1.54) is 10.8 Å². The highest BCUT2D eigenvalue weighted by molar-refractivity contribution is 6.12. The van der Waals surface area contributed by atoms with Gasteiger partial charge in [0.2, 0.25) is 0 Å². The van der Waals surface area contributed by atoms with E-state index >= 15 is 0 Å². The summed E-state index contributed by atoms with van der Waals surface area (Å²) in [6.07, 6.45) is 0. The number of benzene rings is 7. The van der Waals surface area contributed by atoms with Crippen molar-refractivity contribution >= 4 is 43.5 Å². The molecule has 0 atom stereocenters. The van der Waals surface area contributed by atoms with Crippen molar-refractivity contribution in [1.29, 1.82) is 0 Å². The third kappa shape index (κ3) is 4.35. The molecule has 0 spiro atoms. The average Bonchev–Trinajstić information content (AvgIpc) is 3.50. The molecule has 0 aliphatic carbocycles. The number of para-hydroxylation sites is 1. The Kier molecular flexibility index (Phi) is 5.78. The highest BCUT2D eigenvalue weighted by atomic mass is 16.3. The highest BCUT2D eigenvalue weighted by Crippen LogP contribution is 2.38. The monoisotopic (exact) mass is 575 g/mol. The van der Waals surface area contributed by atoms with Crippen LogP contribution in [0.1, 0.15) is 0 Å². The Morgan fingerprint density at radius 1 is 0.356 bits per heavy atom. The van der Waals surface area contributed by atoms with Gasteiger partial charge in [-0.1, -0.05) is 121 Å². The molecular formula is C41H25N3O. The molecule has 9 rings (SSSR count). The fourth-order valence-electron chi connectivity index (χ4n) is 6.33. The van der Waals surface area contributed by atoms with Gasteiger partial charge in [-0.25, -0.2) is 15.0 Å². The molecule has 0 unspecified atom stereocenters. The third-order valence-electron chi connectivity index (χ3n) is 8.50.